The lowest BCUT2D eigenvalue weighted by Gasteiger charge is -2.40. The van der Waals surface area contributed by atoms with E-state index in [1.165, 1.54) is 0 Å². The zero-order valence-electron chi connectivity index (χ0n) is 18.7. The Balaban J connectivity index is 1.62. The maximum atomic E-state index is 13.2. The lowest BCUT2D eigenvalue weighted by Crippen LogP contribution is -2.54. The van der Waals surface area contributed by atoms with Gasteiger partial charge < -0.3 is 29.4 Å². The van der Waals surface area contributed by atoms with Crippen LogP contribution in [0.15, 0.2) is 12.1 Å². The molecule has 31 heavy (non-hydrogen) atoms. The summed E-state index contributed by atoms with van der Waals surface area (Å²) in [5.41, 5.74) is 7.70. The second-order valence-corrected chi connectivity index (χ2v) is 8.50. The maximum Gasteiger partial charge on any atom is 0.270 e. The normalized spacial score (nSPS) is 18.9. The van der Waals surface area contributed by atoms with Crippen molar-refractivity contribution in [1.29, 1.82) is 0 Å². The first-order chi connectivity index (χ1) is 14.9. The second kappa shape index (κ2) is 9.02. The molecule has 4 rings (SSSR count). The first kappa shape index (κ1) is 21.9. The molecular formula is C22H33N5O4. The van der Waals surface area contributed by atoms with Crippen molar-refractivity contribution in [3.05, 3.63) is 12.1 Å². The molecule has 2 aromatic rings. The number of aryl methyl sites for hydroxylation is 1. The van der Waals surface area contributed by atoms with Crippen LogP contribution in [0.25, 0.3) is 11.0 Å². The SMILES string of the molecule is CCOCCCn1c(N)nc2cc3c(cc21)OC(C)(C)C(=O)N3CCN1CCOCC1. The lowest BCUT2D eigenvalue weighted by atomic mass is 10.0. The van der Waals surface area contributed by atoms with Crippen molar-refractivity contribution >= 4 is 28.6 Å². The Morgan fingerprint density at radius 3 is 2.71 bits per heavy atom. The van der Waals surface area contributed by atoms with E-state index in [1.807, 2.05) is 42.4 Å². The molecule has 9 heteroatoms. The molecule has 0 bridgehead atoms. The molecule has 0 unspecified atom stereocenters. The molecule has 170 valence electrons. The van der Waals surface area contributed by atoms with E-state index in [9.17, 15) is 4.79 Å². The van der Waals surface area contributed by atoms with Gasteiger partial charge >= 0.3 is 0 Å². The number of benzene rings is 1. The molecule has 2 aliphatic rings. The third kappa shape index (κ3) is 4.49. The van der Waals surface area contributed by atoms with E-state index in [4.69, 9.17) is 19.9 Å². The molecule has 1 fully saturated rings. The van der Waals surface area contributed by atoms with Gasteiger partial charge in [0.25, 0.3) is 5.91 Å². The van der Waals surface area contributed by atoms with E-state index in [0.29, 0.717) is 38.0 Å². The Kier molecular flexibility index (Phi) is 6.36. The van der Waals surface area contributed by atoms with E-state index in [2.05, 4.69) is 9.88 Å². The van der Waals surface area contributed by atoms with Gasteiger partial charge in [-0.2, -0.15) is 0 Å². The predicted molar refractivity (Wildman–Crippen MR) is 120 cm³/mol. The average Bonchev–Trinajstić information content (AvgIpc) is 3.05. The van der Waals surface area contributed by atoms with E-state index < -0.39 is 5.60 Å². The minimum atomic E-state index is -0.933. The molecule has 0 atom stereocenters. The van der Waals surface area contributed by atoms with Crippen LogP contribution in [0, 0.1) is 0 Å². The highest BCUT2D eigenvalue weighted by Crippen LogP contribution is 2.41. The Labute approximate surface area is 183 Å². The highest BCUT2D eigenvalue weighted by Gasteiger charge is 2.41. The molecule has 1 amide bonds. The predicted octanol–water partition coefficient (Wildman–Crippen LogP) is 1.88. The topological polar surface area (TPSA) is 95.1 Å². The van der Waals surface area contributed by atoms with Gasteiger partial charge in [-0.1, -0.05) is 0 Å². The third-order valence-electron chi connectivity index (χ3n) is 5.89. The maximum absolute atomic E-state index is 13.2. The zero-order chi connectivity index (χ0) is 22.0. The number of hydrogen-bond donors (Lipinski definition) is 1. The van der Waals surface area contributed by atoms with Gasteiger partial charge in [0.15, 0.2) is 5.60 Å². The monoisotopic (exact) mass is 431 g/mol. The number of rotatable bonds is 8. The Morgan fingerprint density at radius 2 is 1.97 bits per heavy atom. The first-order valence-corrected chi connectivity index (χ1v) is 11.1. The highest BCUT2D eigenvalue weighted by molar-refractivity contribution is 6.04. The van der Waals surface area contributed by atoms with Gasteiger partial charge in [-0.25, -0.2) is 4.98 Å². The van der Waals surface area contributed by atoms with Gasteiger partial charge in [0.2, 0.25) is 5.95 Å². The van der Waals surface area contributed by atoms with E-state index >= 15 is 0 Å². The van der Waals surface area contributed by atoms with Crippen LogP contribution in [0.2, 0.25) is 0 Å². The molecule has 0 radical (unpaired) electrons. The number of nitrogen functional groups attached to an aromatic ring is 1. The van der Waals surface area contributed by atoms with Crippen molar-refractivity contribution in [2.24, 2.45) is 0 Å². The third-order valence-corrected chi connectivity index (χ3v) is 5.89. The fourth-order valence-corrected chi connectivity index (χ4v) is 4.20. The largest absolute Gasteiger partial charge is 0.476 e. The second-order valence-electron chi connectivity index (χ2n) is 8.50. The van der Waals surface area contributed by atoms with Gasteiger partial charge in [-0.05, 0) is 33.3 Å². The Hall–Kier alpha value is -2.36. The molecule has 0 spiro atoms. The summed E-state index contributed by atoms with van der Waals surface area (Å²) in [7, 11) is 0. The first-order valence-electron chi connectivity index (χ1n) is 11.1. The molecule has 0 saturated carbocycles. The molecule has 9 nitrogen and oxygen atoms in total. The summed E-state index contributed by atoms with van der Waals surface area (Å²) in [5.74, 6) is 1.10. The summed E-state index contributed by atoms with van der Waals surface area (Å²) in [5, 5.41) is 0. The highest BCUT2D eigenvalue weighted by atomic mass is 16.5. The molecule has 1 aromatic carbocycles. The zero-order valence-corrected chi connectivity index (χ0v) is 18.7. The van der Waals surface area contributed by atoms with Gasteiger partial charge in [0, 0.05) is 52.0 Å². The van der Waals surface area contributed by atoms with Crippen LogP contribution < -0.4 is 15.4 Å². The van der Waals surface area contributed by atoms with Crippen LogP contribution in [0.1, 0.15) is 27.2 Å². The van der Waals surface area contributed by atoms with Gasteiger partial charge in [0.1, 0.15) is 5.75 Å². The standard InChI is InChI=1S/C22H33N5O4/c1-4-29-11-5-6-27-17-15-19-18(14-16(17)24-21(27)23)26(20(28)22(2,3)31-19)8-7-25-9-12-30-13-10-25/h14-15H,4-13H2,1-3H3,(H2,23,24). The minimum absolute atomic E-state index is 0.0447. The van der Waals surface area contributed by atoms with E-state index in [-0.39, 0.29) is 5.91 Å². The van der Waals surface area contributed by atoms with Crippen molar-refractivity contribution in [3.63, 3.8) is 0 Å². The van der Waals surface area contributed by atoms with Gasteiger partial charge in [-0.3, -0.25) is 9.69 Å². The quantitative estimate of drug-likeness (QED) is 0.638. The summed E-state index contributed by atoms with van der Waals surface area (Å²) in [6.07, 6.45) is 0.844. The Morgan fingerprint density at radius 1 is 1.19 bits per heavy atom. The molecule has 1 aromatic heterocycles. The number of nitrogens with zero attached hydrogens (tertiary/aromatic N) is 4. The average molecular weight is 432 g/mol. The lowest BCUT2D eigenvalue weighted by molar-refractivity contribution is -0.132. The minimum Gasteiger partial charge on any atom is -0.476 e. The van der Waals surface area contributed by atoms with Crippen LogP contribution in [-0.2, 0) is 20.8 Å². The number of fused-ring (bicyclic) bond motifs is 2. The molecule has 2 N–H and O–H groups in total. The summed E-state index contributed by atoms with van der Waals surface area (Å²) < 4.78 is 19.0. The fraction of sp³-hybridized carbons (Fsp3) is 0.636. The molecule has 2 aliphatic heterocycles. The number of amides is 1. The van der Waals surface area contributed by atoms with Crippen molar-refractivity contribution in [3.8, 4) is 5.75 Å². The van der Waals surface area contributed by atoms with Crippen LogP contribution >= 0.6 is 0 Å². The van der Waals surface area contributed by atoms with Crippen molar-refractivity contribution < 1.29 is 19.0 Å². The van der Waals surface area contributed by atoms with Crippen molar-refractivity contribution in [2.75, 3.05) is 63.2 Å². The molecular weight excluding hydrogens is 398 g/mol. The van der Waals surface area contributed by atoms with Crippen LogP contribution in [0.3, 0.4) is 0 Å². The van der Waals surface area contributed by atoms with Crippen LogP contribution in [-0.4, -0.2) is 78.6 Å². The van der Waals surface area contributed by atoms with E-state index in [0.717, 1.165) is 56.0 Å². The van der Waals surface area contributed by atoms with E-state index in [1.54, 1.807) is 0 Å². The number of imidazole rings is 1. The van der Waals surface area contributed by atoms with Gasteiger partial charge in [0.05, 0.1) is 29.9 Å². The Bertz CT molecular complexity index is 936. The number of aromatic nitrogens is 2. The summed E-state index contributed by atoms with van der Waals surface area (Å²) in [6, 6.07) is 3.89. The van der Waals surface area contributed by atoms with Crippen molar-refractivity contribution in [1.82, 2.24) is 14.5 Å². The van der Waals surface area contributed by atoms with Gasteiger partial charge in [-0.15, -0.1) is 0 Å². The molecule has 3 heterocycles. The molecule has 0 aliphatic carbocycles. The number of ether oxygens (including phenoxy) is 3. The number of carbonyl (C=O) groups is 1. The summed E-state index contributed by atoms with van der Waals surface area (Å²) >= 11 is 0. The number of hydrogen-bond acceptors (Lipinski definition) is 7. The number of carbonyl (C=O) groups excluding carboxylic acids is 1. The van der Waals surface area contributed by atoms with Crippen LogP contribution in [0.5, 0.6) is 5.75 Å². The molecule has 1 saturated heterocycles. The van der Waals surface area contributed by atoms with Crippen LogP contribution in [0.4, 0.5) is 11.6 Å². The number of morpholine rings is 1. The number of nitrogens with two attached hydrogens (primary N) is 1. The smallest absolute Gasteiger partial charge is 0.270 e. The van der Waals surface area contributed by atoms with Crippen molar-refractivity contribution in [2.45, 2.75) is 39.3 Å². The fourth-order valence-electron chi connectivity index (χ4n) is 4.20. The summed E-state index contributed by atoms with van der Waals surface area (Å²) in [6.45, 7) is 12.3. The summed E-state index contributed by atoms with van der Waals surface area (Å²) in [4.78, 5) is 21.9. The number of anilines is 2.